The number of benzene rings is 1. The number of carbonyl (C=O) groups is 1. The van der Waals surface area contributed by atoms with E-state index in [0.29, 0.717) is 31.0 Å². The Morgan fingerprint density at radius 3 is 2.70 bits per heavy atom. The summed E-state index contributed by atoms with van der Waals surface area (Å²) in [5.74, 6) is 0.377. The Bertz CT molecular complexity index is 1530. The predicted octanol–water partition coefficient (Wildman–Crippen LogP) is 4.24. The number of anilines is 1. The summed E-state index contributed by atoms with van der Waals surface area (Å²) in [4.78, 5) is 18.9. The Kier molecular flexibility index (Phi) is 6.71. The van der Waals surface area contributed by atoms with E-state index >= 15 is 0 Å². The number of nitrogens with zero attached hydrogens (tertiary/aromatic N) is 6. The molecule has 0 radical (unpaired) electrons. The number of fused-ring (bicyclic) bond motifs is 1. The second-order valence-electron chi connectivity index (χ2n) is 11.5. The van der Waals surface area contributed by atoms with Gasteiger partial charge in [0.15, 0.2) is 5.82 Å². The number of nitrogen functional groups attached to an aromatic ring is 1. The molecule has 2 aliphatic rings. The molecule has 210 valence electrons. The molecule has 3 aromatic heterocycles. The molecule has 1 aromatic carbocycles. The van der Waals surface area contributed by atoms with Crippen LogP contribution in [0.4, 0.5) is 10.6 Å². The summed E-state index contributed by atoms with van der Waals surface area (Å²) in [5.41, 5.74) is 11.0. The first-order chi connectivity index (χ1) is 19.2. The Morgan fingerprint density at radius 1 is 1.12 bits per heavy atom. The summed E-state index contributed by atoms with van der Waals surface area (Å²) in [5, 5.41) is 19.7. The first kappa shape index (κ1) is 26.3. The molecule has 2 saturated heterocycles. The number of hydrogen-bond acceptors (Lipinski definition) is 8. The van der Waals surface area contributed by atoms with E-state index in [-0.39, 0.29) is 18.6 Å². The van der Waals surface area contributed by atoms with Crippen LogP contribution in [-0.4, -0.2) is 71.9 Å². The van der Waals surface area contributed by atoms with Crippen LogP contribution in [0.1, 0.15) is 57.7 Å². The van der Waals surface area contributed by atoms with Gasteiger partial charge in [-0.05, 0) is 63.8 Å². The fourth-order valence-corrected chi connectivity index (χ4v) is 5.77. The van der Waals surface area contributed by atoms with Crippen molar-refractivity contribution in [2.24, 2.45) is 0 Å². The third-order valence-corrected chi connectivity index (χ3v) is 7.54. The lowest BCUT2D eigenvalue weighted by Crippen LogP contribution is -2.37. The second kappa shape index (κ2) is 10.2. The minimum Gasteiger partial charge on any atom is -0.444 e. The lowest BCUT2D eigenvalue weighted by Gasteiger charge is -2.28. The molecular weight excluding hydrogens is 510 g/mol. The molecule has 0 saturated carbocycles. The van der Waals surface area contributed by atoms with Gasteiger partial charge in [0, 0.05) is 30.5 Å². The number of carbonyl (C=O) groups excluding carboxylic acids is 1. The van der Waals surface area contributed by atoms with Crippen LogP contribution in [0.25, 0.3) is 28.0 Å². The highest BCUT2D eigenvalue weighted by Gasteiger charge is 2.38. The quantitative estimate of drug-likeness (QED) is 0.389. The molecule has 0 aliphatic carbocycles. The first-order valence-corrected chi connectivity index (χ1v) is 13.7. The fourth-order valence-electron chi connectivity index (χ4n) is 5.77. The number of aromatic nitrogens is 5. The molecule has 11 nitrogen and oxygen atoms in total. The summed E-state index contributed by atoms with van der Waals surface area (Å²) in [6.45, 7) is 7.15. The summed E-state index contributed by atoms with van der Waals surface area (Å²) >= 11 is 0. The van der Waals surface area contributed by atoms with Crippen molar-refractivity contribution < 1.29 is 19.4 Å². The lowest BCUT2D eigenvalue weighted by atomic mass is 10.00. The molecule has 40 heavy (non-hydrogen) atoms. The Balaban J connectivity index is 1.41. The van der Waals surface area contributed by atoms with Crippen LogP contribution >= 0.6 is 0 Å². The highest BCUT2D eigenvalue weighted by atomic mass is 16.6. The maximum atomic E-state index is 13.0. The summed E-state index contributed by atoms with van der Waals surface area (Å²) in [6.07, 6.45) is 4.42. The number of β-amino-alcohol motifs (C(OH)–C–C–N with tert-alkyl or cyclic N) is 1. The maximum Gasteiger partial charge on any atom is 0.410 e. The second-order valence-corrected chi connectivity index (χ2v) is 11.5. The molecule has 3 N–H and O–H groups in total. The van der Waals surface area contributed by atoms with Crippen molar-refractivity contribution in [3.63, 3.8) is 0 Å². The van der Waals surface area contributed by atoms with Crippen LogP contribution in [0.15, 0.2) is 48.9 Å². The monoisotopic (exact) mass is 545 g/mol. The van der Waals surface area contributed by atoms with E-state index in [1.165, 1.54) is 6.33 Å². The molecule has 5 heterocycles. The number of aliphatic hydroxyl groups is 1. The highest BCUT2D eigenvalue weighted by Crippen LogP contribution is 2.39. The van der Waals surface area contributed by atoms with Gasteiger partial charge in [-0.1, -0.05) is 18.2 Å². The van der Waals surface area contributed by atoms with Gasteiger partial charge in [-0.2, -0.15) is 10.2 Å². The third-order valence-electron chi connectivity index (χ3n) is 7.54. The van der Waals surface area contributed by atoms with Gasteiger partial charge >= 0.3 is 6.09 Å². The number of rotatable bonds is 4. The molecule has 0 spiro atoms. The number of ether oxygens (including phenoxy) is 2. The van der Waals surface area contributed by atoms with Crippen molar-refractivity contribution in [2.45, 2.75) is 63.8 Å². The van der Waals surface area contributed by atoms with Gasteiger partial charge in [0.25, 0.3) is 0 Å². The van der Waals surface area contributed by atoms with Crippen molar-refractivity contribution in [2.75, 3.05) is 25.5 Å². The van der Waals surface area contributed by atoms with E-state index in [9.17, 15) is 9.90 Å². The van der Waals surface area contributed by atoms with Gasteiger partial charge in [-0.15, -0.1) is 0 Å². The van der Waals surface area contributed by atoms with Gasteiger partial charge in [0.1, 0.15) is 17.4 Å². The average Bonchev–Trinajstić information content (AvgIpc) is 3.65. The van der Waals surface area contributed by atoms with Crippen molar-refractivity contribution in [1.82, 2.24) is 29.3 Å². The Labute approximate surface area is 232 Å². The van der Waals surface area contributed by atoms with Gasteiger partial charge in [-0.25, -0.2) is 14.3 Å². The molecule has 2 atom stereocenters. The number of amides is 1. The van der Waals surface area contributed by atoms with Crippen LogP contribution < -0.4 is 5.73 Å². The van der Waals surface area contributed by atoms with E-state index in [0.717, 1.165) is 40.9 Å². The Hall–Kier alpha value is -3.96. The number of nitrogens with two attached hydrogens (primary N) is 1. The fraction of sp³-hybridized carbons (Fsp3) is 0.448. The third kappa shape index (κ3) is 4.90. The summed E-state index contributed by atoms with van der Waals surface area (Å²) in [7, 11) is 0. The van der Waals surface area contributed by atoms with Crippen molar-refractivity contribution in [1.29, 1.82) is 0 Å². The summed E-state index contributed by atoms with van der Waals surface area (Å²) in [6, 6.07) is 12.0. The normalized spacial score (nSPS) is 20.4. The molecular formula is C29H35N7O4. The van der Waals surface area contributed by atoms with E-state index in [1.807, 2.05) is 61.8 Å². The molecule has 1 amide bonds. The molecule has 0 bridgehead atoms. The zero-order chi connectivity index (χ0) is 28.0. The molecule has 4 aromatic rings. The molecule has 11 heteroatoms. The highest BCUT2D eigenvalue weighted by molar-refractivity contribution is 5.91. The smallest absolute Gasteiger partial charge is 0.410 e. The van der Waals surface area contributed by atoms with Gasteiger partial charge in [0.05, 0.1) is 36.1 Å². The molecule has 6 rings (SSSR count). The minimum absolute atomic E-state index is 0.224. The van der Waals surface area contributed by atoms with Gasteiger partial charge < -0.3 is 20.3 Å². The standard InChI is InChI=1S/C29H35N7O4/c1-29(2,3)40-28(38)34-16-21(37)14-24(34)18-5-4-6-19(13-18)25-15-22(26-27(30)31-17-33-36(25)26)23-7-10-32-35(23)20-8-11-39-12-9-20/h4-7,10,13,15,17,20-21,24,37H,8-9,11-12,14,16H2,1-3H3,(H2,30,31,33)/t21-,24?/m1/s1. The number of hydrogen-bond donors (Lipinski definition) is 2. The van der Waals surface area contributed by atoms with E-state index in [4.69, 9.17) is 15.2 Å². The van der Waals surface area contributed by atoms with Gasteiger partial charge in [0.2, 0.25) is 0 Å². The molecule has 2 aliphatic heterocycles. The van der Waals surface area contributed by atoms with Crippen LogP contribution in [0, 0.1) is 0 Å². The number of likely N-dealkylation sites (tertiary alicyclic amines) is 1. The van der Waals surface area contributed by atoms with E-state index < -0.39 is 17.8 Å². The SMILES string of the molecule is CC(C)(C)OC(=O)N1C[C@H](O)CC1c1cccc(-c2cc(-c3ccnn3C3CCOCC3)c3c(N)ncnn23)c1. The zero-order valence-corrected chi connectivity index (χ0v) is 23.0. The first-order valence-electron chi connectivity index (χ1n) is 13.7. The van der Waals surface area contributed by atoms with Crippen molar-refractivity contribution in [3.05, 3.63) is 54.5 Å². The van der Waals surface area contributed by atoms with Crippen LogP contribution in [-0.2, 0) is 9.47 Å². The topological polar surface area (TPSA) is 133 Å². The number of aliphatic hydroxyl groups excluding tert-OH is 1. The van der Waals surface area contributed by atoms with Crippen LogP contribution in [0.2, 0.25) is 0 Å². The zero-order valence-electron chi connectivity index (χ0n) is 23.0. The van der Waals surface area contributed by atoms with Gasteiger partial charge in [-0.3, -0.25) is 9.58 Å². The lowest BCUT2D eigenvalue weighted by molar-refractivity contribution is 0.0206. The van der Waals surface area contributed by atoms with Crippen LogP contribution in [0.5, 0.6) is 0 Å². The van der Waals surface area contributed by atoms with E-state index in [1.54, 1.807) is 4.90 Å². The van der Waals surface area contributed by atoms with E-state index in [2.05, 4.69) is 25.9 Å². The predicted molar refractivity (Wildman–Crippen MR) is 149 cm³/mol. The van der Waals surface area contributed by atoms with Crippen molar-refractivity contribution >= 4 is 17.4 Å². The van der Waals surface area contributed by atoms with Crippen molar-refractivity contribution in [3.8, 4) is 22.5 Å². The molecule has 2 fully saturated rings. The Morgan fingerprint density at radius 2 is 1.93 bits per heavy atom. The average molecular weight is 546 g/mol. The minimum atomic E-state index is -0.630. The largest absolute Gasteiger partial charge is 0.444 e. The maximum absolute atomic E-state index is 13.0. The van der Waals surface area contributed by atoms with Crippen LogP contribution in [0.3, 0.4) is 0 Å². The molecule has 1 unspecified atom stereocenters. The summed E-state index contributed by atoms with van der Waals surface area (Å²) < 4.78 is 15.1.